The van der Waals surface area contributed by atoms with Crippen LogP contribution in [0.3, 0.4) is 0 Å². The second kappa shape index (κ2) is 6.26. The molecule has 2 aromatic carbocycles. The van der Waals surface area contributed by atoms with Crippen molar-refractivity contribution in [2.45, 2.75) is 0 Å². The lowest BCUT2D eigenvalue weighted by Crippen LogP contribution is -2.09. The van der Waals surface area contributed by atoms with E-state index in [1.165, 1.54) is 6.07 Å². The Morgan fingerprint density at radius 1 is 0.889 bits per heavy atom. The molecule has 0 aliphatic rings. The summed E-state index contributed by atoms with van der Waals surface area (Å²) in [7, 11) is 0. The lowest BCUT2D eigenvalue weighted by Gasteiger charge is -2.08. The molecule has 2 rings (SSSR count). The molecule has 0 amide bonds. The van der Waals surface area contributed by atoms with E-state index in [2.05, 4.69) is 0 Å². The van der Waals surface area contributed by atoms with Gasteiger partial charge in [-0.25, -0.2) is 4.39 Å². The summed E-state index contributed by atoms with van der Waals surface area (Å²) >= 11 is 5.75. The zero-order valence-corrected chi connectivity index (χ0v) is 10.4. The molecule has 0 atom stereocenters. The molecule has 2 aromatic rings. The first-order chi connectivity index (χ1) is 8.75. The number of rotatable bonds is 5. The second-order valence-electron chi connectivity index (χ2n) is 3.58. The van der Waals surface area contributed by atoms with E-state index < -0.39 is 0 Å². The van der Waals surface area contributed by atoms with Crippen molar-refractivity contribution >= 4 is 11.6 Å². The normalized spacial score (nSPS) is 10.1. The molecule has 0 aliphatic carbocycles. The minimum absolute atomic E-state index is 0.234. The molecule has 18 heavy (non-hydrogen) atoms. The fourth-order valence-electron chi connectivity index (χ4n) is 1.40. The Morgan fingerprint density at radius 2 is 1.56 bits per heavy atom. The van der Waals surface area contributed by atoms with Gasteiger partial charge in [-0.15, -0.1) is 0 Å². The summed E-state index contributed by atoms with van der Waals surface area (Å²) in [6, 6.07) is 13.3. The van der Waals surface area contributed by atoms with Gasteiger partial charge in [-0.05, 0) is 36.4 Å². The fraction of sp³-hybridized carbons (Fsp3) is 0.143. The first kappa shape index (κ1) is 12.7. The van der Waals surface area contributed by atoms with Gasteiger partial charge in [0.1, 0.15) is 19.0 Å². The maximum absolute atomic E-state index is 13.2. The zero-order chi connectivity index (χ0) is 12.8. The molecule has 0 unspecified atom stereocenters. The average molecular weight is 267 g/mol. The van der Waals surface area contributed by atoms with Gasteiger partial charge in [-0.3, -0.25) is 0 Å². The van der Waals surface area contributed by atoms with Crippen LogP contribution in [0.15, 0.2) is 48.5 Å². The van der Waals surface area contributed by atoms with Crippen LogP contribution in [-0.4, -0.2) is 13.2 Å². The molecule has 2 nitrogen and oxygen atoms in total. The van der Waals surface area contributed by atoms with Crippen LogP contribution in [0.5, 0.6) is 11.5 Å². The van der Waals surface area contributed by atoms with Gasteiger partial charge >= 0.3 is 0 Å². The van der Waals surface area contributed by atoms with Crippen LogP contribution in [0, 0.1) is 5.82 Å². The van der Waals surface area contributed by atoms with Crippen LogP contribution in [0.1, 0.15) is 0 Å². The molecule has 0 saturated heterocycles. The number of halogens is 2. The van der Waals surface area contributed by atoms with E-state index in [4.69, 9.17) is 21.1 Å². The fourth-order valence-corrected chi connectivity index (χ4v) is 1.53. The van der Waals surface area contributed by atoms with Crippen molar-refractivity contribution in [3.63, 3.8) is 0 Å². The summed E-state index contributed by atoms with van der Waals surface area (Å²) in [5, 5.41) is 0.657. The van der Waals surface area contributed by atoms with Crippen molar-refractivity contribution in [3.8, 4) is 11.5 Å². The lowest BCUT2D eigenvalue weighted by molar-refractivity contribution is 0.211. The quantitative estimate of drug-likeness (QED) is 0.763. The van der Waals surface area contributed by atoms with Gasteiger partial charge in [0.15, 0.2) is 11.6 Å². The SMILES string of the molecule is Fc1ccccc1OCCOc1ccc(Cl)cc1. The monoisotopic (exact) mass is 266 g/mol. The van der Waals surface area contributed by atoms with Crippen molar-refractivity contribution in [3.05, 3.63) is 59.4 Å². The summed E-state index contributed by atoms with van der Waals surface area (Å²) in [5.74, 6) is 0.567. The van der Waals surface area contributed by atoms with Crippen LogP contribution in [-0.2, 0) is 0 Å². The largest absolute Gasteiger partial charge is 0.490 e. The highest BCUT2D eigenvalue weighted by Gasteiger charge is 2.01. The Balaban J connectivity index is 1.76. The van der Waals surface area contributed by atoms with Crippen molar-refractivity contribution < 1.29 is 13.9 Å². The number of hydrogen-bond acceptors (Lipinski definition) is 2. The summed E-state index contributed by atoms with van der Waals surface area (Å²) in [4.78, 5) is 0. The third kappa shape index (κ3) is 3.64. The van der Waals surface area contributed by atoms with Gasteiger partial charge in [-0.1, -0.05) is 23.7 Å². The molecule has 0 aliphatic heterocycles. The van der Waals surface area contributed by atoms with Crippen LogP contribution < -0.4 is 9.47 Å². The summed E-state index contributed by atoms with van der Waals surface area (Å²) in [6.07, 6.45) is 0. The standard InChI is InChI=1S/C14H12ClFO2/c15-11-5-7-12(8-6-11)17-9-10-18-14-4-2-1-3-13(14)16/h1-8H,9-10H2. The Hall–Kier alpha value is -1.74. The summed E-state index contributed by atoms with van der Waals surface area (Å²) in [5.41, 5.74) is 0. The van der Waals surface area contributed by atoms with Gasteiger partial charge in [0.2, 0.25) is 0 Å². The minimum atomic E-state index is -0.371. The number of hydrogen-bond donors (Lipinski definition) is 0. The van der Waals surface area contributed by atoms with E-state index in [9.17, 15) is 4.39 Å². The predicted octanol–water partition coefficient (Wildman–Crippen LogP) is 3.94. The van der Waals surface area contributed by atoms with E-state index >= 15 is 0 Å². The molecular formula is C14H12ClFO2. The smallest absolute Gasteiger partial charge is 0.165 e. The summed E-state index contributed by atoms with van der Waals surface area (Å²) in [6.45, 7) is 0.625. The molecule has 0 bridgehead atoms. The third-order valence-corrected chi connectivity index (χ3v) is 2.51. The van der Waals surface area contributed by atoms with Crippen molar-refractivity contribution in [1.82, 2.24) is 0 Å². The van der Waals surface area contributed by atoms with Gasteiger partial charge < -0.3 is 9.47 Å². The van der Waals surface area contributed by atoms with E-state index in [1.54, 1.807) is 42.5 Å². The summed E-state index contributed by atoms with van der Waals surface area (Å²) < 4.78 is 23.9. The Bertz CT molecular complexity index is 499. The van der Waals surface area contributed by atoms with Gasteiger partial charge in [0.05, 0.1) is 0 Å². The second-order valence-corrected chi connectivity index (χ2v) is 4.02. The molecular weight excluding hydrogens is 255 g/mol. The minimum Gasteiger partial charge on any atom is -0.490 e. The molecule has 94 valence electrons. The van der Waals surface area contributed by atoms with Crippen molar-refractivity contribution in [2.24, 2.45) is 0 Å². The first-order valence-electron chi connectivity index (χ1n) is 5.51. The van der Waals surface area contributed by atoms with Crippen LogP contribution in [0.4, 0.5) is 4.39 Å². The van der Waals surface area contributed by atoms with Crippen molar-refractivity contribution in [1.29, 1.82) is 0 Å². The molecule has 4 heteroatoms. The molecule has 0 aromatic heterocycles. The zero-order valence-electron chi connectivity index (χ0n) is 9.61. The van der Waals surface area contributed by atoms with Crippen LogP contribution in [0.2, 0.25) is 5.02 Å². The Morgan fingerprint density at radius 3 is 2.28 bits per heavy atom. The molecule has 0 heterocycles. The maximum Gasteiger partial charge on any atom is 0.165 e. The molecule has 0 saturated carbocycles. The number of para-hydroxylation sites is 1. The Labute approximate surface area is 110 Å². The van der Waals surface area contributed by atoms with Crippen LogP contribution >= 0.6 is 11.6 Å². The topological polar surface area (TPSA) is 18.5 Å². The predicted molar refractivity (Wildman–Crippen MR) is 68.8 cm³/mol. The average Bonchev–Trinajstić information content (AvgIpc) is 2.39. The third-order valence-electron chi connectivity index (χ3n) is 2.26. The Kier molecular flexibility index (Phi) is 4.42. The van der Waals surface area contributed by atoms with Crippen LogP contribution in [0.25, 0.3) is 0 Å². The van der Waals surface area contributed by atoms with Crippen molar-refractivity contribution in [2.75, 3.05) is 13.2 Å². The van der Waals surface area contributed by atoms with E-state index in [1.807, 2.05) is 0 Å². The molecule has 0 spiro atoms. The number of ether oxygens (including phenoxy) is 2. The first-order valence-corrected chi connectivity index (χ1v) is 5.89. The molecule has 0 radical (unpaired) electrons. The molecule has 0 fully saturated rings. The maximum atomic E-state index is 13.2. The highest BCUT2D eigenvalue weighted by Crippen LogP contribution is 2.17. The van der Waals surface area contributed by atoms with E-state index in [-0.39, 0.29) is 18.2 Å². The molecule has 0 N–H and O–H groups in total. The highest BCUT2D eigenvalue weighted by molar-refractivity contribution is 6.30. The number of benzene rings is 2. The van der Waals surface area contributed by atoms with E-state index in [0.717, 1.165) is 0 Å². The van der Waals surface area contributed by atoms with Gasteiger partial charge in [0, 0.05) is 5.02 Å². The highest BCUT2D eigenvalue weighted by atomic mass is 35.5. The van der Waals surface area contributed by atoms with E-state index in [0.29, 0.717) is 17.4 Å². The lowest BCUT2D eigenvalue weighted by atomic mass is 10.3. The van der Waals surface area contributed by atoms with Gasteiger partial charge in [-0.2, -0.15) is 0 Å². The van der Waals surface area contributed by atoms with Gasteiger partial charge in [0.25, 0.3) is 0 Å².